The third-order valence-corrected chi connectivity index (χ3v) is 5.57. The summed E-state index contributed by atoms with van der Waals surface area (Å²) in [6.45, 7) is 1.89. The first-order valence-corrected chi connectivity index (χ1v) is 10.8. The molecular formula is C26H19FN8. The molecule has 9 heteroatoms. The maximum atomic E-state index is 14.4. The van der Waals surface area contributed by atoms with Crippen LogP contribution in [-0.2, 0) is 0 Å². The lowest BCUT2D eigenvalue weighted by Gasteiger charge is -2.22. The van der Waals surface area contributed by atoms with Crippen LogP contribution < -0.4 is 11.1 Å². The maximum Gasteiger partial charge on any atom is 0.150 e. The first kappa shape index (κ1) is 21.9. The van der Waals surface area contributed by atoms with Crippen molar-refractivity contribution in [3.8, 4) is 28.6 Å². The summed E-state index contributed by atoms with van der Waals surface area (Å²) in [5, 5.41) is 13.4. The van der Waals surface area contributed by atoms with Crippen LogP contribution in [0, 0.1) is 17.1 Å². The van der Waals surface area contributed by atoms with Gasteiger partial charge in [-0.25, -0.2) is 19.3 Å². The highest BCUT2D eigenvalue weighted by atomic mass is 19.1. The van der Waals surface area contributed by atoms with E-state index in [1.165, 1.54) is 18.5 Å². The van der Waals surface area contributed by atoms with Gasteiger partial charge in [0, 0.05) is 28.9 Å². The molecule has 0 unspecified atom stereocenters. The van der Waals surface area contributed by atoms with Crippen LogP contribution in [-0.4, -0.2) is 24.9 Å². The number of hydrogen-bond donors (Lipinski definition) is 2. The van der Waals surface area contributed by atoms with Crippen molar-refractivity contribution in [2.45, 2.75) is 13.0 Å². The number of nitrogens with zero attached hydrogens (tertiary/aromatic N) is 6. The molecule has 35 heavy (non-hydrogen) atoms. The second-order valence-corrected chi connectivity index (χ2v) is 7.80. The van der Waals surface area contributed by atoms with E-state index in [0.717, 1.165) is 0 Å². The van der Waals surface area contributed by atoms with Crippen LogP contribution in [0.15, 0.2) is 73.3 Å². The highest BCUT2D eigenvalue weighted by Crippen LogP contribution is 2.40. The smallest absolute Gasteiger partial charge is 0.150 e. The summed E-state index contributed by atoms with van der Waals surface area (Å²) in [6, 6.07) is 17.2. The van der Waals surface area contributed by atoms with Crippen LogP contribution in [0.3, 0.4) is 0 Å². The number of nitrogens with one attached hydrogen (secondary N) is 1. The van der Waals surface area contributed by atoms with Gasteiger partial charge in [0.05, 0.1) is 28.6 Å². The van der Waals surface area contributed by atoms with E-state index in [1.54, 1.807) is 18.5 Å². The van der Waals surface area contributed by atoms with Gasteiger partial charge in [0.2, 0.25) is 0 Å². The number of nitrogen functional groups attached to an aromatic ring is 1. The van der Waals surface area contributed by atoms with E-state index in [0.29, 0.717) is 44.9 Å². The molecule has 0 aliphatic rings. The molecule has 1 aromatic carbocycles. The summed E-state index contributed by atoms with van der Waals surface area (Å²) < 4.78 is 14.4. The summed E-state index contributed by atoms with van der Waals surface area (Å²) in [4.78, 5) is 22.1. The summed E-state index contributed by atoms with van der Waals surface area (Å²) in [5.74, 6) is -0.00405. The Balaban J connectivity index is 1.81. The van der Waals surface area contributed by atoms with Gasteiger partial charge in [0.25, 0.3) is 0 Å². The molecule has 0 bridgehead atoms. The van der Waals surface area contributed by atoms with Crippen LogP contribution in [0.4, 0.5) is 16.0 Å². The van der Waals surface area contributed by atoms with Crippen molar-refractivity contribution < 1.29 is 4.39 Å². The zero-order chi connectivity index (χ0) is 24.4. The first-order chi connectivity index (χ1) is 17.1. The minimum absolute atomic E-state index is 0.0817. The molecular weight excluding hydrogens is 443 g/mol. The van der Waals surface area contributed by atoms with Crippen molar-refractivity contribution >= 4 is 22.5 Å². The van der Waals surface area contributed by atoms with Crippen LogP contribution >= 0.6 is 0 Å². The predicted molar refractivity (Wildman–Crippen MR) is 131 cm³/mol. The van der Waals surface area contributed by atoms with Gasteiger partial charge in [-0.05, 0) is 49.4 Å². The number of hydrogen-bond acceptors (Lipinski definition) is 8. The number of aromatic nitrogens is 5. The number of nitrogens with two attached hydrogens (primary N) is 1. The number of anilines is 2. The van der Waals surface area contributed by atoms with Crippen LogP contribution in [0.25, 0.3) is 33.4 Å². The van der Waals surface area contributed by atoms with E-state index in [1.807, 2.05) is 49.4 Å². The molecule has 5 aromatic rings. The minimum atomic E-state index is -0.440. The normalized spacial score (nSPS) is 11.7. The van der Waals surface area contributed by atoms with Crippen LogP contribution in [0.5, 0.6) is 0 Å². The van der Waals surface area contributed by atoms with Gasteiger partial charge >= 0.3 is 0 Å². The van der Waals surface area contributed by atoms with Crippen LogP contribution in [0.2, 0.25) is 0 Å². The van der Waals surface area contributed by atoms with E-state index < -0.39 is 6.04 Å². The molecule has 5 rings (SSSR count). The largest absolute Gasteiger partial charge is 0.382 e. The molecule has 0 radical (unpaired) electrons. The molecule has 0 spiro atoms. The second kappa shape index (κ2) is 9.11. The zero-order valence-corrected chi connectivity index (χ0v) is 18.6. The molecule has 0 saturated carbocycles. The van der Waals surface area contributed by atoms with Crippen LogP contribution in [0.1, 0.15) is 24.2 Å². The molecule has 4 heterocycles. The highest BCUT2D eigenvalue weighted by Gasteiger charge is 2.24. The molecule has 170 valence electrons. The molecule has 0 aliphatic carbocycles. The Kier molecular flexibility index (Phi) is 5.69. The minimum Gasteiger partial charge on any atom is -0.382 e. The standard InChI is InChI=1S/C26H19FN8/c1-15(34-26-18(13-28)25(29)32-14-33-26)24-23(21-7-3-5-11-31-21)22(20-6-2-4-10-30-20)17-12-16(27)8-9-19(17)35-24/h2-12,14-15H,1H3,(H3,29,32,33,34)/t15-/m1/s1. The predicted octanol–water partition coefficient (Wildman–Crippen LogP) is 4.91. The van der Waals surface area contributed by atoms with Crippen molar-refractivity contribution in [2.75, 3.05) is 11.1 Å². The fraction of sp³-hybridized carbons (Fsp3) is 0.0769. The Morgan fingerprint density at radius 3 is 2.31 bits per heavy atom. The Labute approximate surface area is 200 Å². The lowest BCUT2D eigenvalue weighted by molar-refractivity contribution is 0.629. The van der Waals surface area contributed by atoms with E-state index in [-0.39, 0.29) is 17.2 Å². The molecule has 1 atom stereocenters. The molecule has 0 aliphatic heterocycles. The highest BCUT2D eigenvalue weighted by molar-refractivity contribution is 6.02. The van der Waals surface area contributed by atoms with Crippen molar-refractivity contribution in [3.05, 3.63) is 90.4 Å². The summed E-state index contributed by atoms with van der Waals surface area (Å²) in [5.41, 5.74) is 9.96. The third kappa shape index (κ3) is 4.09. The maximum absolute atomic E-state index is 14.4. The van der Waals surface area contributed by atoms with Gasteiger partial charge in [-0.3, -0.25) is 9.97 Å². The second-order valence-electron chi connectivity index (χ2n) is 7.80. The fourth-order valence-electron chi connectivity index (χ4n) is 4.01. The summed E-state index contributed by atoms with van der Waals surface area (Å²) >= 11 is 0. The third-order valence-electron chi connectivity index (χ3n) is 5.57. The van der Waals surface area contributed by atoms with Crippen molar-refractivity contribution in [3.63, 3.8) is 0 Å². The van der Waals surface area contributed by atoms with E-state index in [4.69, 9.17) is 10.7 Å². The number of fused-ring (bicyclic) bond motifs is 1. The van der Waals surface area contributed by atoms with Gasteiger partial charge in [0.1, 0.15) is 35.4 Å². The Hall–Kier alpha value is -4.97. The van der Waals surface area contributed by atoms with Crippen molar-refractivity contribution in [2.24, 2.45) is 0 Å². The average molecular weight is 462 g/mol. The fourth-order valence-corrected chi connectivity index (χ4v) is 4.01. The van der Waals surface area contributed by atoms with Crippen molar-refractivity contribution in [1.82, 2.24) is 24.9 Å². The number of halogens is 1. The summed E-state index contributed by atoms with van der Waals surface area (Å²) in [6.07, 6.45) is 4.67. The van der Waals surface area contributed by atoms with E-state index >= 15 is 0 Å². The lowest BCUT2D eigenvalue weighted by atomic mass is 9.92. The monoisotopic (exact) mass is 462 g/mol. The number of benzene rings is 1. The molecule has 0 saturated heterocycles. The Morgan fingerprint density at radius 2 is 1.66 bits per heavy atom. The summed E-state index contributed by atoms with van der Waals surface area (Å²) in [7, 11) is 0. The van der Waals surface area contributed by atoms with Gasteiger partial charge < -0.3 is 11.1 Å². The topological polar surface area (TPSA) is 126 Å². The zero-order valence-electron chi connectivity index (χ0n) is 18.6. The average Bonchev–Trinajstić information content (AvgIpc) is 2.88. The van der Waals surface area contributed by atoms with Crippen molar-refractivity contribution in [1.29, 1.82) is 5.26 Å². The number of pyridine rings is 3. The molecule has 0 fully saturated rings. The Morgan fingerprint density at radius 1 is 0.943 bits per heavy atom. The lowest BCUT2D eigenvalue weighted by Crippen LogP contribution is -2.14. The first-order valence-electron chi connectivity index (χ1n) is 10.8. The van der Waals surface area contributed by atoms with Gasteiger partial charge in [-0.1, -0.05) is 12.1 Å². The molecule has 0 amide bonds. The quantitative estimate of drug-likeness (QED) is 0.377. The Bertz CT molecular complexity index is 1570. The van der Waals surface area contributed by atoms with E-state index in [2.05, 4.69) is 25.3 Å². The van der Waals surface area contributed by atoms with Gasteiger partial charge in [0.15, 0.2) is 0 Å². The number of nitriles is 1. The molecule has 4 aromatic heterocycles. The van der Waals surface area contributed by atoms with E-state index in [9.17, 15) is 9.65 Å². The number of rotatable bonds is 5. The SMILES string of the molecule is C[C@@H](Nc1ncnc(N)c1C#N)c1nc2ccc(F)cc2c(-c2ccccn2)c1-c1ccccn1. The van der Waals surface area contributed by atoms with Gasteiger partial charge in [-0.2, -0.15) is 5.26 Å². The molecule has 8 nitrogen and oxygen atoms in total. The molecule has 3 N–H and O–H groups in total. The van der Waals surface area contributed by atoms with Gasteiger partial charge in [-0.15, -0.1) is 0 Å².